The molecule has 106 valence electrons. The van der Waals surface area contributed by atoms with E-state index >= 15 is 0 Å². The topological polar surface area (TPSA) is 103 Å². The fraction of sp³-hybridized carbons (Fsp3) is 0.538. The van der Waals surface area contributed by atoms with E-state index < -0.39 is 11.3 Å². The number of nitrogens with two attached hydrogens (primary N) is 2. The highest BCUT2D eigenvalue weighted by Crippen LogP contribution is 2.14. The number of carbonyl (C=O) groups excluding carboxylic acids is 2. The summed E-state index contributed by atoms with van der Waals surface area (Å²) >= 11 is 0. The highest BCUT2D eigenvalue weighted by atomic mass is 16.2. The number of anilines is 1. The van der Waals surface area contributed by atoms with Gasteiger partial charge in [0.15, 0.2) is 0 Å². The average molecular weight is 266 g/mol. The van der Waals surface area contributed by atoms with Gasteiger partial charge in [-0.1, -0.05) is 6.92 Å². The Hall–Kier alpha value is -1.98. The zero-order valence-corrected chi connectivity index (χ0v) is 11.7. The zero-order valence-electron chi connectivity index (χ0n) is 11.7. The van der Waals surface area contributed by atoms with Gasteiger partial charge in [-0.15, -0.1) is 0 Å². The van der Waals surface area contributed by atoms with Crippen molar-refractivity contribution in [3.8, 4) is 0 Å². The van der Waals surface area contributed by atoms with Gasteiger partial charge in [0, 0.05) is 19.3 Å². The number of hydrogen-bond acceptors (Lipinski definition) is 3. The zero-order chi connectivity index (χ0) is 14.6. The molecule has 0 aliphatic rings. The Labute approximate surface area is 113 Å². The number of aryl methyl sites for hydroxylation is 1. The van der Waals surface area contributed by atoms with E-state index in [2.05, 4.69) is 5.32 Å². The second-order valence-electron chi connectivity index (χ2n) is 5.28. The van der Waals surface area contributed by atoms with Crippen molar-refractivity contribution in [1.82, 2.24) is 9.88 Å². The van der Waals surface area contributed by atoms with Crippen LogP contribution in [0.3, 0.4) is 0 Å². The first kappa shape index (κ1) is 15.1. The predicted octanol–water partition coefficient (Wildman–Crippen LogP) is 0.722. The van der Waals surface area contributed by atoms with Crippen molar-refractivity contribution < 1.29 is 9.59 Å². The molecule has 0 atom stereocenters. The van der Waals surface area contributed by atoms with Crippen molar-refractivity contribution >= 4 is 17.5 Å². The SMILES string of the molecule is CCCn1cc(N)cc1C(=O)NCC(C)(C)C(N)=O. The minimum atomic E-state index is -0.774. The molecule has 5 N–H and O–H groups in total. The lowest BCUT2D eigenvalue weighted by Gasteiger charge is -2.20. The molecule has 6 nitrogen and oxygen atoms in total. The standard InChI is InChI=1S/C13H22N4O2/c1-4-5-17-7-9(14)6-10(17)11(18)16-8-13(2,3)12(15)19/h6-7H,4-5,8,14H2,1-3H3,(H2,15,19)(H,16,18). The molecule has 1 heterocycles. The van der Waals surface area contributed by atoms with Crippen LogP contribution in [0.1, 0.15) is 37.7 Å². The van der Waals surface area contributed by atoms with E-state index in [9.17, 15) is 9.59 Å². The molecule has 6 heteroatoms. The van der Waals surface area contributed by atoms with Crippen molar-refractivity contribution in [2.45, 2.75) is 33.7 Å². The second kappa shape index (κ2) is 5.77. The van der Waals surface area contributed by atoms with Gasteiger partial charge < -0.3 is 21.4 Å². The lowest BCUT2D eigenvalue weighted by atomic mass is 9.93. The Kier molecular flexibility index (Phi) is 4.58. The maximum absolute atomic E-state index is 12.1. The number of nitrogens with zero attached hydrogens (tertiary/aromatic N) is 1. The van der Waals surface area contributed by atoms with Crippen LogP contribution in [0.5, 0.6) is 0 Å². The van der Waals surface area contributed by atoms with Gasteiger partial charge in [-0.2, -0.15) is 0 Å². The highest BCUT2D eigenvalue weighted by Gasteiger charge is 2.26. The summed E-state index contributed by atoms with van der Waals surface area (Å²) in [4.78, 5) is 23.3. The summed E-state index contributed by atoms with van der Waals surface area (Å²) in [7, 11) is 0. The largest absolute Gasteiger partial charge is 0.397 e. The first-order valence-electron chi connectivity index (χ1n) is 6.31. The number of carbonyl (C=O) groups is 2. The fourth-order valence-corrected chi connectivity index (χ4v) is 1.63. The van der Waals surface area contributed by atoms with E-state index in [1.165, 1.54) is 0 Å². The Bertz CT molecular complexity index is 477. The van der Waals surface area contributed by atoms with Crippen molar-refractivity contribution in [2.24, 2.45) is 11.1 Å². The van der Waals surface area contributed by atoms with Crippen molar-refractivity contribution in [2.75, 3.05) is 12.3 Å². The Morgan fingerprint density at radius 2 is 2.05 bits per heavy atom. The van der Waals surface area contributed by atoms with Crippen molar-refractivity contribution in [3.63, 3.8) is 0 Å². The fourth-order valence-electron chi connectivity index (χ4n) is 1.63. The quantitative estimate of drug-likeness (QED) is 0.706. The summed E-state index contributed by atoms with van der Waals surface area (Å²) in [6, 6.07) is 1.63. The monoisotopic (exact) mass is 266 g/mol. The lowest BCUT2D eigenvalue weighted by molar-refractivity contribution is -0.125. The molecule has 0 unspecified atom stereocenters. The molecule has 0 radical (unpaired) electrons. The third-order valence-electron chi connectivity index (χ3n) is 2.97. The summed E-state index contributed by atoms with van der Waals surface area (Å²) in [5.41, 5.74) is 11.2. The molecule has 1 rings (SSSR count). The number of primary amides is 1. The molecular weight excluding hydrogens is 244 g/mol. The van der Waals surface area contributed by atoms with Gasteiger partial charge in [0.25, 0.3) is 5.91 Å². The van der Waals surface area contributed by atoms with Crippen LogP contribution in [0.15, 0.2) is 12.3 Å². The van der Waals surface area contributed by atoms with Gasteiger partial charge in [-0.3, -0.25) is 9.59 Å². The Morgan fingerprint density at radius 1 is 1.42 bits per heavy atom. The average Bonchev–Trinajstić information content (AvgIpc) is 2.68. The number of nitrogen functional groups attached to an aromatic ring is 1. The van der Waals surface area contributed by atoms with Gasteiger partial charge in [0.05, 0.1) is 11.1 Å². The van der Waals surface area contributed by atoms with Gasteiger partial charge in [0.2, 0.25) is 5.91 Å². The summed E-state index contributed by atoms with van der Waals surface area (Å²) in [6.07, 6.45) is 2.64. The number of rotatable bonds is 6. The van der Waals surface area contributed by atoms with E-state index in [0.717, 1.165) is 13.0 Å². The minimum absolute atomic E-state index is 0.193. The first-order chi connectivity index (χ1) is 8.77. The van der Waals surface area contributed by atoms with E-state index in [-0.39, 0.29) is 12.5 Å². The van der Waals surface area contributed by atoms with Crippen LogP contribution in [-0.2, 0) is 11.3 Å². The van der Waals surface area contributed by atoms with E-state index in [0.29, 0.717) is 11.4 Å². The van der Waals surface area contributed by atoms with Crippen LogP contribution in [0.2, 0.25) is 0 Å². The second-order valence-corrected chi connectivity index (χ2v) is 5.28. The van der Waals surface area contributed by atoms with Crippen molar-refractivity contribution in [3.05, 3.63) is 18.0 Å². The first-order valence-corrected chi connectivity index (χ1v) is 6.31. The lowest BCUT2D eigenvalue weighted by Crippen LogP contribution is -2.42. The third-order valence-corrected chi connectivity index (χ3v) is 2.97. The van der Waals surface area contributed by atoms with Crippen molar-refractivity contribution in [1.29, 1.82) is 0 Å². The summed E-state index contributed by atoms with van der Waals surface area (Å²) < 4.78 is 1.81. The molecule has 0 fully saturated rings. The number of nitrogens with one attached hydrogen (secondary N) is 1. The van der Waals surface area contributed by atoms with Gasteiger partial charge in [-0.05, 0) is 26.3 Å². The van der Waals surface area contributed by atoms with E-state index in [4.69, 9.17) is 11.5 Å². The third kappa shape index (κ3) is 3.74. The van der Waals surface area contributed by atoms with E-state index in [1.807, 2.05) is 11.5 Å². The van der Waals surface area contributed by atoms with Gasteiger partial charge >= 0.3 is 0 Å². The molecule has 2 amide bonds. The number of amides is 2. The highest BCUT2D eigenvalue weighted by molar-refractivity contribution is 5.94. The molecular formula is C13H22N4O2. The van der Waals surface area contributed by atoms with Crippen LogP contribution in [0.4, 0.5) is 5.69 Å². The van der Waals surface area contributed by atoms with Crippen LogP contribution >= 0.6 is 0 Å². The summed E-state index contributed by atoms with van der Waals surface area (Å²) in [5, 5.41) is 2.72. The molecule has 0 aromatic carbocycles. The number of aromatic nitrogens is 1. The number of hydrogen-bond donors (Lipinski definition) is 3. The molecule has 0 aliphatic heterocycles. The molecule has 0 bridgehead atoms. The van der Waals surface area contributed by atoms with E-state index in [1.54, 1.807) is 26.1 Å². The molecule has 0 aliphatic carbocycles. The van der Waals surface area contributed by atoms with Gasteiger partial charge in [0.1, 0.15) is 5.69 Å². The summed E-state index contributed by atoms with van der Waals surface area (Å²) in [5.74, 6) is -0.698. The van der Waals surface area contributed by atoms with Crippen LogP contribution in [0.25, 0.3) is 0 Å². The Morgan fingerprint density at radius 3 is 2.58 bits per heavy atom. The van der Waals surface area contributed by atoms with Crippen LogP contribution in [0, 0.1) is 5.41 Å². The maximum Gasteiger partial charge on any atom is 0.268 e. The molecule has 0 saturated heterocycles. The predicted molar refractivity (Wildman–Crippen MR) is 74.4 cm³/mol. The smallest absolute Gasteiger partial charge is 0.268 e. The Balaban J connectivity index is 2.76. The normalized spacial score (nSPS) is 11.3. The van der Waals surface area contributed by atoms with Gasteiger partial charge in [-0.25, -0.2) is 0 Å². The van der Waals surface area contributed by atoms with Crippen LogP contribution in [-0.4, -0.2) is 22.9 Å². The minimum Gasteiger partial charge on any atom is -0.397 e. The molecule has 0 saturated carbocycles. The molecule has 1 aromatic rings. The molecule has 19 heavy (non-hydrogen) atoms. The van der Waals surface area contributed by atoms with Crippen LogP contribution < -0.4 is 16.8 Å². The maximum atomic E-state index is 12.1. The molecule has 1 aromatic heterocycles. The summed E-state index contributed by atoms with van der Waals surface area (Å²) in [6.45, 7) is 6.32. The molecule has 0 spiro atoms.